The van der Waals surface area contributed by atoms with Gasteiger partial charge in [-0.1, -0.05) is 87.5 Å². The molecule has 1 fully saturated rings. The van der Waals surface area contributed by atoms with E-state index in [1.165, 1.54) is 0 Å². The minimum absolute atomic E-state index is 0.105. The van der Waals surface area contributed by atoms with Crippen LogP contribution in [0.4, 0.5) is 0 Å². The van der Waals surface area contributed by atoms with Gasteiger partial charge in [-0.15, -0.1) is 6.58 Å². The molecule has 0 aliphatic carbocycles. The molecule has 2 atom stereocenters. The van der Waals surface area contributed by atoms with Gasteiger partial charge in [0.05, 0.1) is 12.6 Å². The Morgan fingerprint density at radius 1 is 1.13 bits per heavy atom. The molecule has 1 aliphatic heterocycles. The van der Waals surface area contributed by atoms with Gasteiger partial charge in [0, 0.05) is 12.5 Å². The normalized spacial score (nSPS) is 19.1. The molecular formula is C26H33NO3. The third-order valence-electron chi connectivity index (χ3n) is 5.86. The van der Waals surface area contributed by atoms with Crippen LogP contribution in [0.1, 0.15) is 38.3 Å². The smallest absolute Gasteiger partial charge is 0.227 e. The zero-order valence-corrected chi connectivity index (χ0v) is 18.3. The summed E-state index contributed by atoms with van der Waals surface area (Å²) in [5.74, 6) is 0.188. The quantitative estimate of drug-likeness (QED) is 0.434. The van der Waals surface area contributed by atoms with Gasteiger partial charge in [0.1, 0.15) is 12.3 Å². The van der Waals surface area contributed by atoms with E-state index in [4.69, 9.17) is 9.47 Å². The fraction of sp³-hybridized carbons (Fsp3) is 0.423. The zero-order chi connectivity index (χ0) is 21.6. The molecular weight excluding hydrogens is 374 g/mol. The lowest BCUT2D eigenvalue weighted by Crippen LogP contribution is -2.50. The third-order valence-corrected chi connectivity index (χ3v) is 5.86. The van der Waals surface area contributed by atoms with Crippen LogP contribution >= 0.6 is 0 Å². The van der Waals surface area contributed by atoms with Gasteiger partial charge in [0.15, 0.2) is 0 Å². The highest BCUT2D eigenvalue weighted by Gasteiger charge is 2.54. The lowest BCUT2D eigenvalue weighted by molar-refractivity contribution is -0.138. The van der Waals surface area contributed by atoms with Gasteiger partial charge in [-0.3, -0.25) is 4.79 Å². The maximum atomic E-state index is 13.4. The van der Waals surface area contributed by atoms with Crippen LogP contribution in [0.2, 0.25) is 0 Å². The van der Waals surface area contributed by atoms with Crippen molar-refractivity contribution in [2.75, 3.05) is 19.9 Å². The van der Waals surface area contributed by atoms with Crippen molar-refractivity contribution in [2.45, 2.75) is 38.8 Å². The second kappa shape index (κ2) is 10.1. The molecule has 30 heavy (non-hydrogen) atoms. The Bertz CT molecular complexity index is 779. The average molecular weight is 408 g/mol. The van der Waals surface area contributed by atoms with Crippen LogP contribution in [0.3, 0.4) is 0 Å². The highest BCUT2D eigenvalue weighted by Crippen LogP contribution is 2.46. The summed E-state index contributed by atoms with van der Waals surface area (Å²) in [5.41, 5.74) is 1.46. The van der Waals surface area contributed by atoms with Crippen LogP contribution in [0, 0.1) is 11.8 Å². The van der Waals surface area contributed by atoms with Gasteiger partial charge >= 0.3 is 0 Å². The van der Waals surface area contributed by atoms with E-state index in [1.54, 1.807) is 6.08 Å². The summed E-state index contributed by atoms with van der Waals surface area (Å²) in [6.07, 6.45) is 2.40. The van der Waals surface area contributed by atoms with E-state index in [0.29, 0.717) is 19.6 Å². The van der Waals surface area contributed by atoms with Crippen molar-refractivity contribution in [3.63, 3.8) is 0 Å². The van der Waals surface area contributed by atoms with E-state index in [-0.39, 0.29) is 30.5 Å². The molecule has 1 amide bonds. The lowest BCUT2D eigenvalue weighted by Gasteiger charge is -2.40. The summed E-state index contributed by atoms with van der Waals surface area (Å²) in [6.45, 7) is 11.3. The van der Waals surface area contributed by atoms with Gasteiger partial charge in [0.2, 0.25) is 5.91 Å². The highest BCUT2D eigenvalue weighted by molar-refractivity contribution is 5.79. The molecule has 0 saturated carbocycles. The van der Waals surface area contributed by atoms with Crippen molar-refractivity contribution in [1.82, 2.24) is 4.90 Å². The number of amides is 1. The number of nitrogens with zero attached hydrogens (tertiary/aromatic N) is 1. The predicted molar refractivity (Wildman–Crippen MR) is 120 cm³/mol. The van der Waals surface area contributed by atoms with E-state index in [0.717, 1.165) is 11.1 Å². The molecule has 3 rings (SSSR count). The fourth-order valence-corrected chi connectivity index (χ4v) is 4.47. The minimum Gasteiger partial charge on any atom is -0.377 e. The molecule has 0 bridgehead atoms. The van der Waals surface area contributed by atoms with Crippen molar-refractivity contribution in [2.24, 2.45) is 11.8 Å². The monoisotopic (exact) mass is 407 g/mol. The van der Waals surface area contributed by atoms with E-state index < -0.39 is 5.60 Å². The van der Waals surface area contributed by atoms with Crippen LogP contribution in [0.5, 0.6) is 0 Å². The first kappa shape index (κ1) is 22.3. The molecule has 1 heterocycles. The molecule has 2 aromatic carbocycles. The Balaban J connectivity index is 1.95. The number of carbonyl (C=O) groups excluding carboxylic acids is 1. The van der Waals surface area contributed by atoms with Crippen LogP contribution in [0.15, 0.2) is 73.3 Å². The molecule has 0 unspecified atom stereocenters. The van der Waals surface area contributed by atoms with Gasteiger partial charge in [-0.2, -0.15) is 0 Å². The van der Waals surface area contributed by atoms with Crippen LogP contribution < -0.4 is 0 Å². The van der Waals surface area contributed by atoms with Crippen molar-refractivity contribution in [3.05, 3.63) is 84.4 Å². The van der Waals surface area contributed by atoms with E-state index >= 15 is 0 Å². The van der Waals surface area contributed by atoms with E-state index in [1.807, 2.05) is 48.2 Å². The Labute approximate surface area is 180 Å². The molecule has 0 spiro atoms. The number of hydrogen-bond acceptors (Lipinski definition) is 3. The predicted octanol–water partition coefficient (Wildman–Crippen LogP) is 5.00. The Hall–Kier alpha value is -2.43. The second-order valence-electron chi connectivity index (χ2n) is 8.29. The Morgan fingerprint density at radius 2 is 1.70 bits per heavy atom. The number of carbonyl (C=O) groups is 1. The number of benzene rings is 2. The maximum absolute atomic E-state index is 13.4. The molecule has 0 aromatic heterocycles. The number of ether oxygens (including phenoxy) is 2. The van der Waals surface area contributed by atoms with Crippen molar-refractivity contribution < 1.29 is 14.3 Å². The Kier molecular flexibility index (Phi) is 7.46. The molecule has 1 aliphatic rings. The lowest BCUT2D eigenvalue weighted by atomic mass is 9.75. The summed E-state index contributed by atoms with van der Waals surface area (Å²) in [6, 6.07) is 20.4. The first-order valence-electron chi connectivity index (χ1n) is 10.8. The van der Waals surface area contributed by atoms with Gasteiger partial charge < -0.3 is 14.4 Å². The first-order chi connectivity index (χ1) is 14.5. The highest BCUT2D eigenvalue weighted by atomic mass is 16.5. The summed E-state index contributed by atoms with van der Waals surface area (Å²) < 4.78 is 12.1. The van der Waals surface area contributed by atoms with Crippen molar-refractivity contribution >= 4 is 5.91 Å². The maximum Gasteiger partial charge on any atom is 0.227 e. The summed E-state index contributed by atoms with van der Waals surface area (Å²) in [5, 5.41) is 0. The summed E-state index contributed by atoms with van der Waals surface area (Å²) >= 11 is 0. The van der Waals surface area contributed by atoms with E-state index in [2.05, 4.69) is 44.7 Å². The Morgan fingerprint density at radius 3 is 2.20 bits per heavy atom. The second-order valence-corrected chi connectivity index (χ2v) is 8.29. The van der Waals surface area contributed by atoms with Gasteiger partial charge in [0.25, 0.3) is 0 Å². The van der Waals surface area contributed by atoms with Crippen LogP contribution in [-0.2, 0) is 19.9 Å². The molecule has 0 N–H and O–H groups in total. The minimum atomic E-state index is -0.689. The molecule has 0 radical (unpaired) electrons. The zero-order valence-electron chi connectivity index (χ0n) is 18.3. The van der Waals surface area contributed by atoms with Crippen LogP contribution in [-0.4, -0.2) is 36.8 Å². The summed E-state index contributed by atoms with van der Waals surface area (Å²) in [4.78, 5) is 15.4. The summed E-state index contributed by atoms with van der Waals surface area (Å²) in [7, 11) is 0. The van der Waals surface area contributed by atoms with Gasteiger partial charge in [-0.05, 0) is 23.5 Å². The van der Waals surface area contributed by atoms with Crippen molar-refractivity contribution in [3.8, 4) is 0 Å². The van der Waals surface area contributed by atoms with Crippen LogP contribution in [0.25, 0.3) is 0 Å². The topological polar surface area (TPSA) is 38.8 Å². The molecule has 4 nitrogen and oxygen atoms in total. The van der Waals surface area contributed by atoms with Gasteiger partial charge in [-0.25, -0.2) is 0 Å². The number of hydrogen-bond donors (Lipinski definition) is 0. The standard InChI is InChI=1S/C26H33NO3/c1-5-17-29-18-16-21(4)25(28)27-19-30-26(24(27)20(2)3,22-12-8-6-9-13-22)23-14-10-7-11-15-23/h5-15,20-21,24H,1,16-19H2,2-4H3/t21-,24-/m1/s1. The average Bonchev–Trinajstić information content (AvgIpc) is 3.19. The third kappa shape index (κ3) is 4.35. The number of rotatable bonds is 9. The largest absolute Gasteiger partial charge is 0.377 e. The fourth-order valence-electron chi connectivity index (χ4n) is 4.47. The van der Waals surface area contributed by atoms with Crippen molar-refractivity contribution in [1.29, 1.82) is 0 Å². The molecule has 2 aromatic rings. The van der Waals surface area contributed by atoms with E-state index in [9.17, 15) is 4.79 Å². The molecule has 4 heteroatoms. The first-order valence-corrected chi connectivity index (χ1v) is 10.8. The SMILES string of the molecule is C=CCOCC[C@@H](C)C(=O)N1COC(c2ccccc2)(c2ccccc2)[C@H]1C(C)C. The molecule has 1 saturated heterocycles. The molecule has 160 valence electrons.